The second-order valence-electron chi connectivity index (χ2n) is 5.19. The Morgan fingerprint density at radius 1 is 1.32 bits per heavy atom. The van der Waals surface area contributed by atoms with Crippen LogP contribution in [-0.4, -0.2) is 12.5 Å². The molecule has 1 amide bonds. The molecule has 2 rings (SSSR count). The molecule has 1 N–H and O–H groups in total. The van der Waals surface area contributed by atoms with Gasteiger partial charge in [-0.3, -0.25) is 15.2 Å². The van der Waals surface area contributed by atoms with E-state index in [1.165, 1.54) is 0 Å². The fraction of sp³-hybridized carbons (Fsp3) is 0.400. The maximum atomic E-state index is 11.9. The summed E-state index contributed by atoms with van der Waals surface area (Å²) in [7, 11) is 0. The van der Waals surface area contributed by atoms with E-state index in [-0.39, 0.29) is 5.91 Å². The van der Waals surface area contributed by atoms with E-state index in [4.69, 9.17) is 4.74 Å². The SMILES string of the molecule is C=C1N(c2ccc(OCCC)cc2)NC(=O)C1(C)C. The zero-order valence-corrected chi connectivity index (χ0v) is 11.7. The number of carbonyl (C=O) groups excluding carboxylic acids is 1. The van der Waals surface area contributed by atoms with Crippen LogP contribution in [0.25, 0.3) is 0 Å². The summed E-state index contributed by atoms with van der Waals surface area (Å²) in [6.07, 6.45) is 0.981. The first-order valence-electron chi connectivity index (χ1n) is 6.50. The van der Waals surface area contributed by atoms with E-state index in [2.05, 4.69) is 18.9 Å². The van der Waals surface area contributed by atoms with Gasteiger partial charge in [0.05, 0.1) is 17.7 Å². The van der Waals surface area contributed by atoms with E-state index in [1.54, 1.807) is 5.01 Å². The number of anilines is 1. The van der Waals surface area contributed by atoms with Gasteiger partial charge >= 0.3 is 0 Å². The summed E-state index contributed by atoms with van der Waals surface area (Å²) in [6, 6.07) is 7.63. The first-order chi connectivity index (χ1) is 8.96. The van der Waals surface area contributed by atoms with E-state index in [9.17, 15) is 4.79 Å². The summed E-state index contributed by atoms with van der Waals surface area (Å²) in [5, 5.41) is 1.73. The van der Waals surface area contributed by atoms with Gasteiger partial charge in [0.1, 0.15) is 5.75 Å². The predicted molar refractivity (Wildman–Crippen MR) is 75.8 cm³/mol. The quantitative estimate of drug-likeness (QED) is 0.905. The number of nitrogens with one attached hydrogen (secondary N) is 1. The molecule has 0 unspecified atom stereocenters. The monoisotopic (exact) mass is 260 g/mol. The molecule has 1 aromatic carbocycles. The number of nitrogens with zero attached hydrogens (tertiary/aromatic N) is 1. The predicted octanol–water partition coefficient (Wildman–Crippen LogP) is 2.87. The maximum Gasteiger partial charge on any atom is 0.250 e. The Morgan fingerprint density at radius 2 is 1.95 bits per heavy atom. The molecule has 0 spiro atoms. The zero-order chi connectivity index (χ0) is 14.0. The Hall–Kier alpha value is -1.97. The van der Waals surface area contributed by atoms with Crippen LogP contribution in [0.5, 0.6) is 5.75 Å². The summed E-state index contributed by atoms with van der Waals surface area (Å²) in [5.74, 6) is 0.796. The average Bonchev–Trinajstić information content (AvgIpc) is 2.61. The van der Waals surface area contributed by atoms with Crippen molar-refractivity contribution in [2.24, 2.45) is 5.41 Å². The van der Waals surface area contributed by atoms with Crippen molar-refractivity contribution in [1.29, 1.82) is 0 Å². The molecule has 1 saturated heterocycles. The number of carbonyl (C=O) groups is 1. The minimum atomic E-state index is -0.572. The molecule has 0 bridgehead atoms. The van der Waals surface area contributed by atoms with Crippen LogP contribution in [0.15, 0.2) is 36.5 Å². The van der Waals surface area contributed by atoms with Gasteiger partial charge < -0.3 is 4.74 Å². The first-order valence-corrected chi connectivity index (χ1v) is 6.50. The largest absolute Gasteiger partial charge is 0.494 e. The minimum absolute atomic E-state index is 0.0381. The smallest absolute Gasteiger partial charge is 0.250 e. The van der Waals surface area contributed by atoms with Crippen LogP contribution < -0.4 is 15.2 Å². The van der Waals surface area contributed by atoms with Gasteiger partial charge in [-0.15, -0.1) is 0 Å². The van der Waals surface area contributed by atoms with Crippen molar-refractivity contribution in [3.8, 4) is 5.75 Å². The van der Waals surface area contributed by atoms with Crippen LogP contribution in [0.4, 0.5) is 5.69 Å². The van der Waals surface area contributed by atoms with Crippen molar-refractivity contribution in [3.63, 3.8) is 0 Å². The molecule has 19 heavy (non-hydrogen) atoms. The third-order valence-corrected chi connectivity index (χ3v) is 3.34. The van der Waals surface area contributed by atoms with E-state index in [0.717, 1.165) is 23.6 Å². The van der Waals surface area contributed by atoms with Crippen LogP contribution >= 0.6 is 0 Å². The Labute approximate surface area is 114 Å². The normalized spacial score (nSPS) is 17.5. The third kappa shape index (κ3) is 2.43. The minimum Gasteiger partial charge on any atom is -0.494 e. The molecule has 0 aromatic heterocycles. The lowest BCUT2D eigenvalue weighted by Gasteiger charge is -2.21. The topological polar surface area (TPSA) is 41.6 Å². The van der Waals surface area contributed by atoms with Crippen molar-refractivity contribution in [2.45, 2.75) is 27.2 Å². The van der Waals surface area contributed by atoms with E-state index in [0.29, 0.717) is 6.61 Å². The van der Waals surface area contributed by atoms with Crippen molar-refractivity contribution < 1.29 is 9.53 Å². The molecule has 4 nitrogen and oxygen atoms in total. The number of amides is 1. The van der Waals surface area contributed by atoms with Crippen molar-refractivity contribution in [1.82, 2.24) is 5.43 Å². The van der Waals surface area contributed by atoms with Gasteiger partial charge in [0.15, 0.2) is 0 Å². The Kier molecular flexibility index (Phi) is 3.51. The molecular formula is C15H20N2O2. The van der Waals surface area contributed by atoms with Gasteiger partial charge in [-0.2, -0.15) is 0 Å². The van der Waals surface area contributed by atoms with Crippen molar-refractivity contribution >= 4 is 11.6 Å². The van der Waals surface area contributed by atoms with Gasteiger partial charge in [-0.25, -0.2) is 0 Å². The summed E-state index contributed by atoms with van der Waals surface area (Å²) < 4.78 is 5.53. The number of benzene rings is 1. The summed E-state index contributed by atoms with van der Waals surface area (Å²) in [4.78, 5) is 11.9. The Morgan fingerprint density at radius 3 is 2.42 bits per heavy atom. The van der Waals surface area contributed by atoms with Gasteiger partial charge in [0.25, 0.3) is 0 Å². The molecule has 0 aliphatic carbocycles. The Bertz CT molecular complexity index is 491. The van der Waals surface area contributed by atoms with Crippen LogP contribution in [0, 0.1) is 5.41 Å². The summed E-state index contributed by atoms with van der Waals surface area (Å²) >= 11 is 0. The second-order valence-corrected chi connectivity index (χ2v) is 5.19. The van der Waals surface area contributed by atoms with Crippen LogP contribution in [0.2, 0.25) is 0 Å². The molecule has 0 saturated carbocycles. The van der Waals surface area contributed by atoms with Crippen LogP contribution in [0.3, 0.4) is 0 Å². The highest BCUT2D eigenvalue weighted by molar-refractivity contribution is 5.92. The number of hydrogen-bond acceptors (Lipinski definition) is 3. The summed E-state index contributed by atoms with van der Waals surface area (Å²) in [5.41, 5.74) is 3.89. The van der Waals surface area contributed by atoms with Gasteiger partial charge in [0.2, 0.25) is 5.91 Å². The van der Waals surface area contributed by atoms with Gasteiger partial charge in [-0.05, 0) is 44.5 Å². The molecule has 102 valence electrons. The maximum absolute atomic E-state index is 11.9. The van der Waals surface area contributed by atoms with Crippen LogP contribution in [0.1, 0.15) is 27.2 Å². The third-order valence-electron chi connectivity index (χ3n) is 3.34. The molecule has 1 aliphatic heterocycles. The van der Waals surface area contributed by atoms with E-state index in [1.807, 2.05) is 38.1 Å². The highest BCUT2D eigenvalue weighted by atomic mass is 16.5. The molecule has 1 aliphatic rings. The average molecular weight is 260 g/mol. The number of hydrogen-bond donors (Lipinski definition) is 1. The lowest BCUT2D eigenvalue weighted by Crippen LogP contribution is -2.32. The highest BCUT2D eigenvalue weighted by Crippen LogP contribution is 2.36. The molecule has 1 fully saturated rings. The first kappa shape index (κ1) is 13.5. The summed E-state index contributed by atoms with van der Waals surface area (Å²) in [6.45, 7) is 10.5. The molecule has 0 atom stereocenters. The van der Waals surface area contributed by atoms with E-state index >= 15 is 0 Å². The van der Waals surface area contributed by atoms with Crippen LogP contribution in [-0.2, 0) is 4.79 Å². The van der Waals surface area contributed by atoms with Crippen molar-refractivity contribution in [2.75, 3.05) is 11.6 Å². The van der Waals surface area contributed by atoms with Gasteiger partial charge in [0, 0.05) is 5.70 Å². The number of rotatable bonds is 4. The zero-order valence-electron chi connectivity index (χ0n) is 11.7. The lowest BCUT2D eigenvalue weighted by molar-refractivity contribution is -0.125. The second kappa shape index (κ2) is 4.96. The standard InChI is InChI=1S/C15H20N2O2/c1-5-10-19-13-8-6-12(7-9-13)17-11(2)15(3,4)14(18)16-17/h6-9H,2,5,10H2,1,3-4H3,(H,16,18). The van der Waals surface area contributed by atoms with Crippen molar-refractivity contribution in [3.05, 3.63) is 36.5 Å². The molecule has 0 radical (unpaired) electrons. The molecule has 1 aromatic rings. The van der Waals surface area contributed by atoms with E-state index < -0.39 is 5.41 Å². The number of hydrazine groups is 1. The Balaban J connectivity index is 2.15. The molecule has 4 heteroatoms. The fourth-order valence-corrected chi connectivity index (χ4v) is 1.85. The fourth-order valence-electron chi connectivity index (χ4n) is 1.85. The molecule has 1 heterocycles. The molecular weight excluding hydrogens is 240 g/mol. The highest BCUT2D eigenvalue weighted by Gasteiger charge is 2.42. The lowest BCUT2D eigenvalue weighted by atomic mass is 9.90. The number of ether oxygens (including phenoxy) is 1. The van der Waals surface area contributed by atoms with Gasteiger partial charge in [-0.1, -0.05) is 13.5 Å².